The van der Waals surface area contributed by atoms with Crippen molar-refractivity contribution < 1.29 is 14.8 Å². The quantitative estimate of drug-likeness (QED) is 0.622. The predicted octanol–water partition coefficient (Wildman–Crippen LogP) is 0.792. The Bertz CT molecular complexity index is 393. The fourth-order valence-corrected chi connectivity index (χ4v) is 1.91. The molecule has 1 atom stereocenters. The number of nitro benzene ring substituents is 1. The van der Waals surface area contributed by atoms with Gasteiger partial charge < -0.3 is 14.7 Å². The fourth-order valence-electron chi connectivity index (χ4n) is 1.91. The van der Waals surface area contributed by atoms with E-state index in [1.54, 1.807) is 12.1 Å². The van der Waals surface area contributed by atoms with Gasteiger partial charge in [0.15, 0.2) is 0 Å². The number of ether oxygens (including phenoxy) is 1. The standard InChI is InChI=1S/C11H14N2O4/c14-7-11-8-17-6-5-12(11)9-1-3-10(4-2-9)13(15)16/h1-4,11,14H,5-8H2/t11-/m0/s1. The Morgan fingerprint density at radius 3 is 2.76 bits per heavy atom. The van der Waals surface area contributed by atoms with Crippen molar-refractivity contribution in [3.63, 3.8) is 0 Å². The third-order valence-corrected chi connectivity index (χ3v) is 2.83. The van der Waals surface area contributed by atoms with Gasteiger partial charge in [-0.05, 0) is 12.1 Å². The van der Waals surface area contributed by atoms with Gasteiger partial charge in [-0.15, -0.1) is 0 Å². The van der Waals surface area contributed by atoms with Gasteiger partial charge in [-0.1, -0.05) is 0 Å². The highest BCUT2D eigenvalue weighted by Crippen LogP contribution is 2.22. The third-order valence-electron chi connectivity index (χ3n) is 2.83. The molecule has 6 nitrogen and oxygen atoms in total. The number of rotatable bonds is 3. The zero-order chi connectivity index (χ0) is 12.3. The van der Waals surface area contributed by atoms with Crippen LogP contribution in [0.4, 0.5) is 11.4 Å². The Balaban J connectivity index is 2.17. The van der Waals surface area contributed by atoms with Crippen LogP contribution >= 0.6 is 0 Å². The minimum Gasteiger partial charge on any atom is -0.394 e. The first-order valence-corrected chi connectivity index (χ1v) is 5.42. The van der Waals surface area contributed by atoms with Crippen LogP contribution in [0.25, 0.3) is 0 Å². The maximum Gasteiger partial charge on any atom is 0.269 e. The van der Waals surface area contributed by atoms with E-state index in [2.05, 4.69) is 0 Å². The highest BCUT2D eigenvalue weighted by Gasteiger charge is 2.22. The molecule has 0 aromatic heterocycles. The summed E-state index contributed by atoms with van der Waals surface area (Å²) in [5, 5.41) is 19.8. The molecule has 1 aliphatic heterocycles. The third kappa shape index (κ3) is 2.54. The van der Waals surface area contributed by atoms with E-state index in [0.717, 1.165) is 5.69 Å². The van der Waals surface area contributed by atoms with Gasteiger partial charge in [0, 0.05) is 24.4 Å². The molecule has 1 aromatic rings. The van der Waals surface area contributed by atoms with Crippen LogP contribution in [0.15, 0.2) is 24.3 Å². The average Bonchev–Trinajstić information content (AvgIpc) is 2.39. The first kappa shape index (κ1) is 11.8. The molecule has 0 aliphatic carbocycles. The topological polar surface area (TPSA) is 75.8 Å². The number of nitro groups is 1. The summed E-state index contributed by atoms with van der Waals surface area (Å²) in [6.07, 6.45) is 0. The number of non-ortho nitro benzene ring substituents is 1. The second-order valence-corrected chi connectivity index (χ2v) is 3.88. The van der Waals surface area contributed by atoms with Crippen LogP contribution in [0, 0.1) is 10.1 Å². The Hall–Kier alpha value is -1.66. The molecular formula is C11H14N2O4. The Labute approximate surface area is 98.6 Å². The molecule has 0 amide bonds. The molecule has 1 aliphatic rings. The van der Waals surface area contributed by atoms with Gasteiger partial charge in [-0.25, -0.2) is 0 Å². The van der Waals surface area contributed by atoms with E-state index in [1.807, 2.05) is 4.90 Å². The van der Waals surface area contributed by atoms with Crippen LogP contribution in [-0.4, -0.2) is 42.4 Å². The van der Waals surface area contributed by atoms with Crippen molar-refractivity contribution in [2.24, 2.45) is 0 Å². The van der Waals surface area contributed by atoms with Gasteiger partial charge >= 0.3 is 0 Å². The molecule has 0 radical (unpaired) electrons. The van der Waals surface area contributed by atoms with E-state index < -0.39 is 4.92 Å². The van der Waals surface area contributed by atoms with Gasteiger partial charge in [0.1, 0.15) is 0 Å². The van der Waals surface area contributed by atoms with Gasteiger partial charge in [0.25, 0.3) is 5.69 Å². The molecular weight excluding hydrogens is 224 g/mol. The Morgan fingerprint density at radius 1 is 1.47 bits per heavy atom. The second-order valence-electron chi connectivity index (χ2n) is 3.88. The number of morpholine rings is 1. The van der Waals surface area contributed by atoms with E-state index in [-0.39, 0.29) is 18.3 Å². The lowest BCUT2D eigenvalue weighted by atomic mass is 10.2. The van der Waals surface area contributed by atoms with Crippen molar-refractivity contribution in [2.45, 2.75) is 6.04 Å². The van der Waals surface area contributed by atoms with Crippen molar-refractivity contribution >= 4 is 11.4 Å². The number of hydrogen-bond donors (Lipinski definition) is 1. The lowest BCUT2D eigenvalue weighted by molar-refractivity contribution is -0.384. The van der Waals surface area contributed by atoms with E-state index in [1.165, 1.54) is 12.1 Å². The molecule has 17 heavy (non-hydrogen) atoms. The normalized spacial score (nSPS) is 20.3. The van der Waals surface area contributed by atoms with E-state index in [0.29, 0.717) is 19.8 Å². The summed E-state index contributed by atoms with van der Waals surface area (Å²) in [6.45, 7) is 1.78. The van der Waals surface area contributed by atoms with Crippen LogP contribution in [0.1, 0.15) is 0 Å². The first-order valence-electron chi connectivity index (χ1n) is 5.42. The zero-order valence-corrected chi connectivity index (χ0v) is 9.28. The Morgan fingerprint density at radius 2 is 2.18 bits per heavy atom. The molecule has 0 spiro atoms. The van der Waals surface area contributed by atoms with Gasteiger partial charge in [0.2, 0.25) is 0 Å². The van der Waals surface area contributed by atoms with E-state index >= 15 is 0 Å². The summed E-state index contributed by atoms with van der Waals surface area (Å²) < 4.78 is 5.28. The lowest BCUT2D eigenvalue weighted by Gasteiger charge is -2.36. The maximum absolute atomic E-state index is 10.5. The van der Waals surface area contributed by atoms with Gasteiger partial charge in [0.05, 0.1) is 30.8 Å². The van der Waals surface area contributed by atoms with Crippen molar-refractivity contribution in [2.75, 3.05) is 31.3 Å². The molecule has 6 heteroatoms. The molecule has 1 aromatic carbocycles. The number of benzene rings is 1. The lowest BCUT2D eigenvalue weighted by Crippen LogP contribution is -2.47. The molecule has 1 saturated heterocycles. The molecule has 0 bridgehead atoms. The highest BCUT2D eigenvalue weighted by atomic mass is 16.6. The number of hydrogen-bond acceptors (Lipinski definition) is 5. The number of nitrogens with zero attached hydrogens (tertiary/aromatic N) is 2. The minimum absolute atomic E-state index is 0.0109. The van der Waals surface area contributed by atoms with Crippen molar-refractivity contribution in [3.8, 4) is 0 Å². The largest absolute Gasteiger partial charge is 0.394 e. The zero-order valence-electron chi connectivity index (χ0n) is 9.28. The van der Waals surface area contributed by atoms with Crippen LogP contribution in [0.5, 0.6) is 0 Å². The van der Waals surface area contributed by atoms with Crippen molar-refractivity contribution in [1.82, 2.24) is 0 Å². The SMILES string of the molecule is O=[N+]([O-])c1ccc(N2CCOC[C@@H]2CO)cc1. The predicted molar refractivity (Wildman–Crippen MR) is 62.1 cm³/mol. The summed E-state index contributed by atoms with van der Waals surface area (Å²) in [7, 11) is 0. The molecule has 1 N–H and O–H groups in total. The smallest absolute Gasteiger partial charge is 0.269 e. The first-order chi connectivity index (χ1) is 8.22. The van der Waals surface area contributed by atoms with Crippen LogP contribution < -0.4 is 4.90 Å². The van der Waals surface area contributed by atoms with Crippen LogP contribution in [0.3, 0.4) is 0 Å². The molecule has 92 valence electrons. The highest BCUT2D eigenvalue weighted by molar-refractivity contribution is 5.52. The number of anilines is 1. The minimum atomic E-state index is -0.424. The van der Waals surface area contributed by atoms with E-state index in [4.69, 9.17) is 4.74 Å². The summed E-state index contributed by atoms with van der Waals surface area (Å²) in [6, 6.07) is 6.27. The summed E-state index contributed by atoms with van der Waals surface area (Å²) in [5.74, 6) is 0. The van der Waals surface area contributed by atoms with Crippen molar-refractivity contribution in [3.05, 3.63) is 34.4 Å². The number of aliphatic hydroxyl groups excluding tert-OH is 1. The second kappa shape index (κ2) is 5.11. The van der Waals surface area contributed by atoms with Gasteiger partial charge in [-0.3, -0.25) is 10.1 Å². The van der Waals surface area contributed by atoms with Crippen molar-refractivity contribution in [1.29, 1.82) is 0 Å². The van der Waals surface area contributed by atoms with Crippen LogP contribution in [-0.2, 0) is 4.74 Å². The molecule has 1 fully saturated rings. The molecule has 1 heterocycles. The van der Waals surface area contributed by atoms with Crippen LogP contribution in [0.2, 0.25) is 0 Å². The Kier molecular flexibility index (Phi) is 3.55. The number of aliphatic hydroxyl groups is 1. The molecule has 2 rings (SSSR count). The molecule has 0 unspecified atom stereocenters. The fraction of sp³-hybridized carbons (Fsp3) is 0.455. The monoisotopic (exact) mass is 238 g/mol. The van der Waals surface area contributed by atoms with E-state index in [9.17, 15) is 15.2 Å². The summed E-state index contributed by atoms with van der Waals surface area (Å²) in [4.78, 5) is 12.1. The average molecular weight is 238 g/mol. The summed E-state index contributed by atoms with van der Waals surface area (Å²) in [5.41, 5.74) is 0.945. The molecule has 0 saturated carbocycles. The maximum atomic E-state index is 10.5. The summed E-state index contributed by atoms with van der Waals surface area (Å²) >= 11 is 0. The van der Waals surface area contributed by atoms with Gasteiger partial charge in [-0.2, -0.15) is 0 Å².